The maximum absolute atomic E-state index is 5.25. The van der Waals surface area contributed by atoms with Gasteiger partial charge in [0.25, 0.3) is 0 Å². The predicted octanol–water partition coefficient (Wildman–Crippen LogP) is 11.2. The Balaban J connectivity index is 1.31. The van der Waals surface area contributed by atoms with Crippen molar-refractivity contribution in [3.05, 3.63) is 140 Å². The van der Waals surface area contributed by atoms with Crippen LogP contribution in [0, 0.1) is 0 Å². The van der Waals surface area contributed by atoms with E-state index in [1.807, 2.05) is 29.5 Å². The zero-order chi connectivity index (χ0) is 29.5. The molecule has 2 heterocycles. The fourth-order valence-electron chi connectivity index (χ4n) is 7.00. The molecule has 1 aliphatic carbocycles. The number of benzene rings is 7. The molecular formula is C41H23N3S. The van der Waals surface area contributed by atoms with E-state index in [-0.39, 0.29) is 0 Å². The Hall–Kier alpha value is -5.71. The number of rotatable bonds is 3. The first-order valence-electron chi connectivity index (χ1n) is 15.1. The van der Waals surface area contributed by atoms with Gasteiger partial charge in [-0.15, -0.1) is 11.3 Å². The van der Waals surface area contributed by atoms with Crippen LogP contribution in [0.15, 0.2) is 140 Å². The number of aromatic nitrogens is 3. The molecule has 0 bridgehead atoms. The summed E-state index contributed by atoms with van der Waals surface area (Å²) in [6.45, 7) is 0. The van der Waals surface area contributed by atoms with Gasteiger partial charge < -0.3 is 0 Å². The average Bonchev–Trinajstić information content (AvgIpc) is 3.65. The Morgan fingerprint density at radius 2 is 1.09 bits per heavy atom. The van der Waals surface area contributed by atoms with Crippen molar-refractivity contribution in [2.45, 2.75) is 0 Å². The van der Waals surface area contributed by atoms with Crippen molar-refractivity contribution in [3.8, 4) is 56.4 Å². The van der Waals surface area contributed by atoms with Gasteiger partial charge in [-0.05, 0) is 56.4 Å². The number of hydrogen-bond donors (Lipinski definition) is 0. The number of thiophene rings is 1. The van der Waals surface area contributed by atoms with Gasteiger partial charge in [0.15, 0.2) is 17.5 Å². The lowest BCUT2D eigenvalue weighted by molar-refractivity contribution is 1.08. The molecule has 7 aromatic carbocycles. The van der Waals surface area contributed by atoms with Crippen LogP contribution in [0.2, 0.25) is 0 Å². The third-order valence-electron chi connectivity index (χ3n) is 9.03. The van der Waals surface area contributed by atoms with Crippen molar-refractivity contribution in [1.29, 1.82) is 0 Å². The van der Waals surface area contributed by atoms with Crippen molar-refractivity contribution in [2.24, 2.45) is 0 Å². The smallest absolute Gasteiger partial charge is 0.164 e. The normalized spacial score (nSPS) is 12.0. The third kappa shape index (κ3) is 3.67. The van der Waals surface area contributed by atoms with Crippen LogP contribution in [0.25, 0.3) is 98.1 Å². The maximum atomic E-state index is 5.25. The summed E-state index contributed by atoms with van der Waals surface area (Å²) < 4.78 is 2.54. The van der Waals surface area contributed by atoms with Crippen molar-refractivity contribution in [1.82, 2.24) is 15.0 Å². The van der Waals surface area contributed by atoms with Gasteiger partial charge in [0.2, 0.25) is 0 Å². The molecule has 1 aliphatic rings. The SMILES string of the molecule is c1ccc(-c2nc(-c3ccc4ccccc4c3)nc(-c3cc4c(c5sc6ccccc6c35)-c3cccc5cccc-4c35)n2)cc1. The zero-order valence-corrected chi connectivity index (χ0v) is 24.8. The highest BCUT2D eigenvalue weighted by Crippen LogP contribution is 2.55. The zero-order valence-electron chi connectivity index (χ0n) is 24.0. The van der Waals surface area contributed by atoms with Crippen LogP contribution in [-0.2, 0) is 0 Å². The van der Waals surface area contributed by atoms with Gasteiger partial charge >= 0.3 is 0 Å². The molecule has 0 unspecified atom stereocenters. The van der Waals surface area contributed by atoms with E-state index in [0.29, 0.717) is 17.5 Å². The first kappa shape index (κ1) is 24.7. The van der Waals surface area contributed by atoms with E-state index in [9.17, 15) is 0 Å². The first-order valence-corrected chi connectivity index (χ1v) is 15.9. The van der Waals surface area contributed by atoms with Crippen LogP contribution in [0.5, 0.6) is 0 Å². The Kier molecular flexibility index (Phi) is 5.16. The van der Waals surface area contributed by atoms with Crippen molar-refractivity contribution in [3.63, 3.8) is 0 Å². The van der Waals surface area contributed by atoms with Crippen molar-refractivity contribution in [2.75, 3.05) is 0 Å². The molecular weight excluding hydrogens is 567 g/mol. The van der Waals surface area contributed by atoms with Crippen LogP contribution < -0.4 is 0 Å². The lowest BCUT2D eigenvalue weighted by Gasteiger charge is -2.13. The van der Waals surface area contributed by atoms with E-state index in [0.717, 1.165) is 22.1 Å². The Labute approximate surface area is 263 Å². The lowest BCUT2D eigenvalue weighted by Crippen LogP contribution is -2.01. The van der Waals surface area contributed by atoms with Crippen LogP contribution >= 0.6 is 11.3 Å². The summed E-state index contributed by atoms with van der Waals surface area (Å²) in [7, 11) is 0. The molecule has 9 aromatic rings. The van der Waals surface area contributed by atoms with Crippen LogP contribution in [-0.4, -0.2) is 15.0 Å². The minimum Gasteiger partial charge on any atom is -0.208 e. The fourth-order valence-corrected chi connectivity index (χ4v) is 8.29. The molecule has 0 spiro atoms. The molecule has 3 nitrogen and oxygen atoms in total. The second-order valence-electron chi connectivity index (χ2n) is 11.6. The molecule has 0 saturated heterocycles. The minimum atomic E-state index is 0.669. The molecule has 0 atom stereocenters. The topological polar surface area (TPSA) is 38.7 Å². The van der Waals surface area contributed by atoms with E-state index >= 15 is 0 Å². The molecule has 2 aromatic heterocycles. The van der Waals surface area contributed by atoms with Crippen LogP contribution in [0.1, 0.15) is 0 Å². The second-order valence-corrected chi connectivity index (χ2v) is 12.6. The van der Waals surface area contributed by atoms with E-state index in [2.05, 4.69) is 121 Å². The molecule has 0 aliphatic heterocycles. The van der Waals surface area contributed by atoms with Gasteiger partial charge in [0, 0.05) is 42.4 Å². The minimum absolute atomic E-state index is 0.669. The summed E-state index contributed by atoms with van der Waals surface area (Å²) in [6, 6.07) is 49.4. The summed E-state index contributed by atoms with van der Waals surface area (Å²) in [5.41, 5.74) is 8.10. The highest BCUT2D eigenvalue weighted by molar-refractivity contribution is 7.26. The van der Waals surface area contributed by atoms with Gasteiger partial charge in [0.05, 0.1) is 0 Å². The Morgan fingerprint density at radius 1 is 0.400 bits per heavy atom. The second kappa shape index (κ2) is 9.39. The van der Waals surface area contributed by atoms with Gasteiger partial charge in [-0.3, -0.25) is 0 Å². The summed E-state index contributed by atoms with van der Waals surface area (Å²) >= 11 is 1.86. The fraction of sp³-hybridized carbons (Fsp3) is 0. The molecule has 0 N–H and O–H groups in total. The average molecular weight is 590 g/mol. The summed E-state index contributed by atoms with van der Waals surface area (Å²) in [5, 5.41) is 7.37. The van der Waals surface area contributed by atoms with Gasteiger partial charge in [-0.25, -0.2) is 15.0 Å². The molecule has 45 heavy (non-hydrogen) atoms. The Bertz CT molecular complexity index is 2650. The van der Waals surface area contributed by atoms with E-state index < -0.39 is 0 Å². The van der Waals surface area contributed by atoms with E-state index in [1.54, 1.807) is 0 Å². The molecule has 0 fully saturated rings. The largest absolute Gasteiger partial charge is 0.208 e. The maximum Gasteiger partial charge on any atom is 0.164 e. The van der Waals surface area contributed by atoms with Gasteiger partial charge in [-0.2, -0.15) is 0 Å². The molecule has 10 rings (SSSR count). The number of nitrogens with zero attached hydrogens (tertiary/aromatic N) is 3. The molecule has 4 heteroatoms. The van der Waals surface area contributed by atoms with E-state index in [4.69, 9.17) is 15.0 Å². The highest BCUT2D eigenvalue weighted by atomic mass is 32.1. The van der Waals surface area contributed by atoms with Crippen LogP contribution in [0.4, 0.5) is 0 Å². The third-order valence-corrected chi connectivity index (χ3v) is 10.2. The molecule has 0 amide bonds. The molecule has 208 valence electrons. The van der Waals surface area contributed by atoms with E-state index in [1.165, 1.54) is 58.6 Å². The number of fused-ring (bicyclic) bond motifs is 8. The molecule has 0 saturated carbocycles. The monoisotopic (exact) mass is 589 g/mol. The Morgan fingerprint density at radius 3 is 1.96 bits per heavy atom. The predicted molar refractivity (Wildman–Crippen MR) is 188 cm³/mol. The molecule has 0 radical (unpaired) electrons. The summed E-state index contributed by atoms with van der Waals surface area (Å²) in [5.74, 6) is 2.03. The van der Waals surface area contributed by atoms with Crippen LogP contribution in [0.3, 0.4) is 0 Å². The highest BCUT2D eigenvalue weighted by Gasteiger charge is 2.28. The number of hydrogen-bond acceptors (Lipinski definition) is 4. The van der Waals surface area contributed by atoms with Crippen molar-refractivity contribution < 1.29 is 0 Å². The lowest BCUT2D eigenvalue weighted by atomic mass is 9.96. The van der Waals surface area contributed by atoms with Crippen molar-refractivity contribution >= 4 is 53.1 Å². The van der Waals surface area contributed by atoms with Gasteiger partial charge in [-0.1, -0.05) is 121 Å². The van der Waals surface area contributed by atoms with Gasteiger partial charge in [0.1, 0.15) is 0 Å². The summed E-state index contributed by atoms with van der Waals surface area (Å²) in [4.78, 5) is 15.5. The quantitative estimate of drug-likeness (QED) is 0.206. The summed E-state index contributed by atoms with van der Waals surface area (Å²) in [6.07, 6.45) is 0. The first-order chi connectivity index (χ1) is 22.3. The standard InChI is InChI=1S/C41H23N3S/c1-2-11-26(12-3-1)39-42-40(28-21-20-24-10-4-5-13-27(24)22-28)44-41(43-39)33-23-32-29-17-8-14-25-15-9-18-31(35(25)29)37(32)38-36(33)30-16-6-7-19-34(30)45-38/h1-23H.